The number of hydrogen-bond donors (Lipinski definition) is 1. The standard InChI is InChI=1S/C26H23N3O2/c1-19-24(17-27-25(28-19)16-20-8-4-2-5-9-20)26(30)29-22-12-14-23(15-13-22)31-18-21-10-6-3-7-11-21/h2-15,17H,16,18H2,1H3,(H,29,30). The second-order valence-corrected chi connectivity index (χ2v) is 7.20. The lowest BCUT2D eigenvalue weighted by atomic mass is 10.1. The summed E-state index contributed by atoms with van der Waals surface area (Å²) in [4.78, 5) is 21.6. The molecule has 0 fully saturated rings. The van der Waals surface area contributed by atoms with Crippen LogP contribution in [0.4, 0.5) is 5.69 Å². The van der Waals surface area contributed by atoms with E-state index >= 15 is 0 Å². The van der Waals surface area contributed by atoms with Crippen molar-refractivity contribution >= 4 is 11.6 Å². The second kappa shape index (κ2) is 9.67. The van der Waals surface area contributed by atoms with E-state index in [9.17, 15) is 4.79 Å². The molecule has 0 aliphatic rings. The number of nitrogens with zero attached hydrogens (tertiary/aromatic N) is 2. The van der Waals surface area contributed by atoms with Crippen LogP contribution in [0.1, 0.15) is 33.0 Å². The first-order chi connectivity index (χ1) is 15.2. The van der Waals surface area contributed by atoms with Crippen molar-refractivity contribution in [2.45, 2.75) is 20.0 Å². The maximum absolute atomic E-state index is 12.7. The molecule has 1 heterocycles. The van der Waals surface area contributed by atoms with Crippen molar-refractivity contribution in [1.82, 2.24) is 9.97 Å². The van der Waals surface area contributed by atoms with Gasteiger partial charge in [0.05, 0.1) is 11.3 Å². The lowest BCUT2D eigenvalue weighted by Crippen LogP contribution is -2.15. The number of aromatic nitrogens is 2. The first-order valence-corrected chi connectivity index (χ1v) is 10.1. The Labute approximate surface area is 181 Å². The number of hydrogen-bond acceptors (Lipinski definition) is 4. The topological polar surface area (TPSA) is 64.1 Å². The molecule has 0 bridgehead atoms. The Morgan fingerprint density at radius 1 is 0.871 bits per heavy atom. The molecular formula is C26H23N3O2. The van der Waals surface area contributed by atoms with Crippen molar-refractivity contribution in [3.63, 3.8) is 0 Å². The minimum Gasteiger partial charge on any atom is -0.489 e. The van der Waals surface area contributed by atoms with E-state index < -0.39 is 0 Å². The van der Waals surface area contributed by atoms with Gasteiger partial charge in [-0.25, -0.2) is 9.97 Å². The Bertz CT molecular complexity index is 1140. The van der Waals surface area contributed by atoms with Gasteiger partial charge >= 0.3 is 0 Å². The molecule has 5 nitrogen and oxygen atoms in total. The molecule has 0 saturated carbocycles. The largest absolute Gasteiger partial charge is 0.489 e. The van der Waals surface area contributed by atoms with E-state index in [2.05, 4.69) is 15.3 Å². The van der Waals surface area contributed by atoms with Gasteiger partial charge < -0.3 is 10.1 Å². The third-order valence-electron chi connectivity index (χ3n) is 4.84. The number of nitrogens with one attached hydrogen (secondary N) is 1. The summed E-state index contributed by atoms with van der Waals surface area (Å²) in [7, 11) is 0. The SMILES string of the molecule is Cc1nc(Cc2ccccc2)ncc1C(=O)Nc1ccc(OCc2ccccc2)cc1. The summed E-state index contributed by atoms with van der Waals surface area (Å²) in [5, 5.41) is 2.89. The zero-order valence-electron chi connectivity index (χ0n) is 17.3. The Kier molecular flexibility index (Phi) is 6.33. The van der Waals surface area contributed by atoms with Crippen molar-refractivity contribution in [3.05, 3.63) is 119 Å². The zero-order chi connectivity index (χ0) is 21.5. The zero-order valence-corrected chi connectivity index (χ0v) is 17.3. The van der Waals surface area contributed by atoms with Crippen LogP contribution in [0.5, 0.6) is 5.75 Å². The summed E-state index contributed by atoms with van der Waals surface area (Å²) in [5.41, 5.74) is 4.03. The highest BCUT2D eigenvalue weighted by atomic mass is 16.5. The van der Waals surface area contributed by atoms with Crippen LogP contribution in [0.2, 0.25) is 0 Å². The van der Waals surface area contributed by atoms with Gasteiger partial charge in [-0.15, -0.1) is 0 Å². The molecule has 0 spiro atoms. The second-order valence-electron chi connectivity index (χ2n) is 7.20. The summed E-state index contributed by atoms with van der Waals surface area (Å²) in [6, 6.07) is 27.3. The van der Waals surface area contributed by atoms with Crippen LogP contribution in [-0.2, 0) is 13.0 Å². The quantitative estimate of drug-likeness (QED) is 0.455. The Morgan fingerprint density at radius 3 is 2.16 bits per heavy atom. The molecule has 0 radical (unpaired) electrons. The van der Waals surface area contributed by atoms with Gasteiger partial charge in [0.25, 0.3) is 5.91 Å². The number of anilines is 1. The van der Waals surface area contributed by atoms with Gasteiger partial charge in [0, 0.05) is 18.3 Å². The van der Waals surface area contributed by atoms with E-state index in [0.29, 0.717) is 35.8 Å². The molecule has 4 rings (SSSR count). The van der Waals surface area contributed by atoms with Crippen molar-refractivity contribution in [2.75, 3.05) is 5.32 Å². The highest BCUT2D eigenvalue weighted by Gasteiger charge is 2.12. The molecule has 3 aromatic carbocycles. The maximum Gasteiger partial charge on any atom is 0.259 e. The Balaban J connectivity index is 1.36. The van der Waals surface area contributed by atoms with Crippen LogP contribution in [0, 0.1) is 6.92 Å². The number of aryl methyl sites for hydroxylation is 1. The summed E-state index contributed by atoms with van der Waals surface area (Å²) in [6.07, 6.45) is 2.22. The third-order valence-corrected chi connectivity index (χ3v) is 4.84. The molecule has 0 saturated heterocycles. The highest BCUT2D eigenvalue weighted by Crippen LogP contribution is 2.18. The number of carbonyl (C=O) groups is 1. The minimum atomic E-state index is -0.235. The molecule has 0 unspecified atom stereocenters. The lowest BCUT2D eigenvalue weighted by molar-refractivity contribution is 0.102. The van der Waals surface area contributed by atoms with Crippen LogP contribution >= 0.6 is 0 Å². The van der Waals surface area contributed by atoms with Crippen molar-refractivity contribution in [2.24, 2.45) is 0 Å². The number of amides is 1. The van der Waals surface area contributed by atoms with Crippen LogP contribution in [0.15, 0.2) is 91.1 Å². The van der Waals surface area contributed by atoms with Crippen LogP contribution < -0.4 is 10.1 Å². The van der Waals surface area contributed by atoms with Gasteiger partial charge in [-0.1, -0.05) is 60.7 Å². The minimum absolute atomic E-state index is 0.235. The Morgan fingerprint density at radius 2 is 1.52 bits per heavy atom. The lowest BCUT2D eigenvalue weighted by Gasteiger charge is -2.10. The number of benzene rings is 3. The van der Waals surface area contributed by atoms with Gasteiger partial charge in [-0.3, -0.25) is 4.79 Å². The predicted molar refractivity (Wildman–Crippen MR) is 121 cm³/mol. The first kappa shape index (κ1) is 20.3. The molecule has 0 atom stereocenters. The van der Waals surface area contributed by atoms with E-state index in [4.69, 9.17) is 4.74 Å². The van der Waals surface area contributed by atoms with Crippen LogP contribution in [0.25, 0.3) is 0 Å². The summed E-state index contributed by atoms with van der Waals surface area (Å²) in [5.74, 6) is 1.20. The van der Waals surface area contributed by atoms with Gasteiger partial charge in [0.15, 0.2) is 0 Å². The monoisotopic (exact) mass is 409 g/mol. The van der Waals surface area contributed by atoms with E-state index in [1.807, 2.05) is 91.9 Å². The average Bonchev–Trinajstić information content (AvgIpc) is 2.80. The van der Waals surface area contributed by atoms with Gasteiger partial charge in [0.2, 0.25) is 0 Å². The fraction of sp³-hybridized carbons (Fsp3) is 0.115. The molecule has 5 heteroatoms. The van der Waals surface area contributed by atoms with Crippen molar-refractivity contribution < 1.29 is 9.53 Å². The van der Waals surface area contributed by atoms with Gasteiger partial charge in [-0.2, -0.15) is 0 Å². The first-order valence-electron chi connectivity index (χ1n) is 10.1. The number of rotatable bonds is 7. The van der Waals surface area contributed by atoms with E-state index in [1.165, 1.54) is 0 Å². The summed E-state index contributed by atoms with van der Waals surface area (Å²) < 4.78 is 5.79. The smallest absolute Gasteiger partial charge is 0.259 e. The van der Waals surface area contributed by atoms with Gasteiger partial charge in [-0.05, 0) is 42.3 Å². The highest BCUT2D eigenvalue weighted by molar-refractivity contribution is 6.04. The molecule has 1 amide bonds. The van der Waals surface area contributed by atoms with Gasteiger partial charge in [0.1, 0.15) is 18.2 Å². The van der Waals surface area contributed by atoms with Crippen molar-refractivity contribution in [3.8, 4) is 5.75 Å². The predicted octanol–water partition coefficient (Wildman–Crippen LogP) is 5.21. The fourth-order valence-electron chi connectivity index (χ4n) is 3.18. The molecular weight excluding hydrogens is 386 g/mol. The van der Waals surface area contributed by atoms with E-state index in [1.54, 1.807) is 6.20 Å². The molecule has 154 valence electrons. The molecule has 31 heavy (non-hydrogen) atoms. The number of carbonyl (C=O) groups excluding carboxylic acids is 1. The molecule has 1 N–H and O–H groups in total. The van der Waals surface area contributed by atoms with Crippen LogP contribution in [-0.4, -0.2) is 15.9 Å². The molecule has 0 aliphatic heterocycles. The van der Waals surface area contributed by atoms with Crippen molar-refractivity contribution in [1.29, 1.82) is 0 Å². The van der Waals surface area contributed by atoms with Crippen LogP contribution in [0.3, 0.4) is 0 Å². The molecule has 4 aromatic rings. The Hall–Kier alpha value is -3.99. The third kappa shape index (κ3) is 5.54. The normalized spacial score (nSPS) is 10.5. The van der Waals surface area contributed by atoms with E-state index in [0.717, 1.165) is 16.9 Å². The maximum atomic E-state index is 12.7. The number of ether oxygens (including phenoxy) is 1. The molecule has 0 aliphatic carbocycles. The van der Waals surface area contributed by atoms with E-state index in [-0.39, 0.29) is 5.91 Å². The fourth-order valence-corrected chi connectivity index (χ4v) is 3.18. The summed E-state index contributed by atoms with van der Waals surface area (Å²) >= 11 is 0. The molecule has 1 aromatic heterocycles. The average molecular weight is 409 g/mol. The summed E-state index contributed by atoms with van der Waals surface area (Å²) in [6.45, 7) is 2.32.